The number of rotatable bonds is 8. The summed E-state index contributed by atoms with van der Waals surface area (Å²) in [5.41, 5.74) is 2.52. The van der Waals surface area contributed by atoms with Gasteiger partial charge in [0.2, 0.25) is 11.0 Å². The first-order valence-electron chi connectivity index (χ1n) is 9.32. The highest BCUT2D eigenvalue weighted by molar-refractivity contribution is 8.01. The number of hydrogen-bond acceptors (Lipinski definition) is 8. The van der Waals surface area contributed by atoms with Crippen molar-refractivity contribution in [2.45, 2.75) is 10.9 Å². The highest BCUT2D eigenvalue weighted by Crippen LogP contribution is 2.30. The quantitative estimate of drug-likeness (QED) is 0.358. The molecule has 0 unspecified atom stereocenters. The summed E-state index contributed by atoms with van der Waals surface area (Å²) in [7, 11) is 1.78. The Morgan fingerprint density at radius 1 is 1.13 bits per heavy atom. The van der Waals surface area contributed by atoms with Gasteiger partial charge in [0.15, 0.2) is 9.47 Å². The predicted molar refractivity (Wildman–Crippen MR) is 125 cm³/mol. The lowest BCUT2D eigenvalue weighted by atomic mass is 10.2. The van der Waals surface area contributed by atoms with Crippen molar-refractivity contribution in [1.82, 2.24) is 15.2 Å². The van der Waals surface area contributed by atoms with Gasteiger partial charge < -0.3 is 5.32 Å². The number of amides is 1. The van der Waals surface area contributed by atoms with Crippen LogP contribution in [0.5, 0.6) is 0 Å². The maximum atomic E-state index is 13.2. The molecule has 2 aromatic carbocycles. The monoisotopic (exact) mass is 471 g/mol. The van der Waals surface area contributed by atoms with E-state index in [9.17, 15) is 9.18 Å². The topological polar surface area (TPSA) is 71.0 Å². The van der Waals surface area contributed by atoms with E-state index in [0.717, 1.165) is 15.5 Å². The molecule has 0 saturated carbocycles. The van der Waals surface area contributed by atoms with Crippen LogP contribution in [0.25, 0.3) is 11.3 Å². The number of nitrogens with one attached hydrogen (secondary N) is 1. The zero-order chi connectivity index (χ0) is 21.6. The van der Waals surface area contributed by atoms with Crippen molar-refractivity contribution in [2.75, 3.05) is 23.0 Å². The summed E-state index contributed by atoms with van der Waals surface area (Å²) >= 11 is 4.15. The molecule has 4 aromatic rings. The van der Waals surface area contributed by atoms with E-state index < -0.39 is 0 Å². The Bertz CT molecular complexity index is 1150. The van der Waals surface area contributed by atoms with Gasteiger partial charge in [-0.05, 0) is 29.8 Å². The van der Waals surface area contributed by atoms with Crippen LogP contribution in [0.2, 0.25) is 0 Å². The molecule has 2 heterocycles. The van der Waals surface area contributed by atoms with E-state index in [1.165, 1.54) is 46.6 Å². The summed E-state index contributed by atoms with van der Waals surface area (Å²) in [4.78, 5) is 19.5. The molecule has 1 N–H and O–H groups in total. The van der Waals surface area contributed by atoms with Crippen molar-refractivity contribution >= 4 is 50.6 Å². The molecular formula is C21H18FN5OS3. The fourth-order valence-corrected chi connectivity index (χ4v) is 5.17. The van der Waals surface area contributed by atoms with Gasteiger partial charge >= 0.3 is 0 Å². The molecule has 0 fully saturated rings. The summed E-state index contributed by atoms with van der Waals surface area (Å²) in [6, 6.07) is 16.0. The molecule has 2 aromatic heterocycles. The van der Waals surface area contributed by atoms with Gasteiger partial charge in [0.05, 0.1) is 18.0 Å². The van der Waals surface area contributed by atoms with Gasteiger partial charge in [-0.2, -0.15) is 0 Å². The summed E-state index contributed by atoms with van der Waals surface area (Å²) in [6.45, 7) is 0.411. The van der Waals surface area contributed by atoms with Gasteiger partial charge in [-0.25, -0.2) is 9.37 Å². The fourth-order valence-electron chi connectivity index (χ4n) is 2.74. The highest BCUT2D eigenvalue weighted by atomic mass is 32.2. The van der Waals surface area contributed by atoms with Crippen LogP contribution in [0, 0.1) is 5.82 Å². The summed E-state index contributed by atoms with van der Waals surface area (Å²) in [6.07, 6.45) is 0. The number of anilines is 2. The number of aromatic nitrogens is 3. The predicted octanol–water partition coefficient (Wildman–Crippen LogP) is 5.17. The first-order valence-corrected chi connectivity index (χ1v) is 12.0. The Hall–Kier alpha value is -2.82. The second-order valence-electron chi connectivity index (χ2n) is 6.40. The highest BCUT2D eigenvalue weighted by Gasteiger charge is 2.21. The zero-order valence-electron chi connectivity index (χ0n) is 16.5. The third-order valence-electron chi connectivity index (χ3n) is 4.29. The second-order valence-corrected chi connectivity index (χ2v) is 9.44. The fraction of sp³-hybridized carbons (Fsp3) is 0.143. The van der Waals surface area contributed by atoms with Crippen molar-refractivity contribution in [1.29, 1.82) is 0 Å². The number of halogens is 1. The molecule has 6 nitrogen and oxygen atoms in total. The molecule has 0 bridgehead atoms. The SMILES string of the molecule is CNc1nnc(SCC(=O)N(Cc2ccccc2)c2nc(-c3ccc(F)cc3)cs2)s1. The normalized spacial score (nSPS) is 10.8. The molecule has 158 valence electrons. The first kappa shape index (κ1) is 21.4. The maximum absolute atomic E-state index is 13.2. The lowest BCUT2D eigenvalue weighted by Gasteiger charge is -2.19. The molecule has 0 saturated heterocycles. The number of benzene rings is 2. The number of thioether (sulfide) groups is 1. The molecule has 0 atom stereocenters. The number of thiazole rings is 1. The van der Waals surface area contributed by atoms with Crippen LogP contribution in [0.3, 0.4) is 0 Å². The van der Waals surface area contributed by atoms with Crippen LogP contribution in [0.4, 0.5) is 14.7 Å². The Morgan fingerprint density at radius 3 is 2.61 bits per heavy atom. The van der Waals surface area contributed by atoms with Gasteiger partial charge in [0.1, 0.15) is 5.82 Å². The van der Waals surface area contributed by atoms with E-state index in [1.807, 2.05) is 35.7 Å². The maximum Gasteiger partial charge on any atom is 0.239 e. The molecule has 1 amide bonds. The molecule has 31 heavy (non-hydrogen) atoms. The average Bonchev–Trinajstić information content (AvgIpc) is 3.47. The molecule has 0 spiro atoms. The number of carbonyl (C=O) groups is 1. The first-order chi connectivity index (χ1) is 15.1. The van der Waals surface area contributed by atoms with Gasteiger partial charge in [-0.3, -0.25) is 9.69 Å². The minimum atomic E-state index is -0.296. The van der Waals surface area contributed by atoms with Gasteiger partial charge in [0, 0.05) is 18.0 Å². The molecular weight excluding hydrogens is 453 g/mol. The van der Waals surface area contributed by atoms with Crippen molar-refractivity contribution in [3.63, 3.8) is 0 Å². The molecule has 0 aliphatic carbocycles. The van der Waals surface area contributed by atoms with Gasteiger partial charge in [-0.1, -0.05) is 53.4 Å². The largest absolute Gasteiger partial charge is 0.363 e. The Labute approximate surface area is 191 Å². The van der Waals surface area contributed by atoms with E-state index in [1.54, 1.807) is 24.1 Å². The van der Waals surface area contributed by atoms with Gasteiger partial charge in [0.25, 0.3) is 0 Å². The zero-order valence-corrected chi connectivity index (χ0v) is 18.9. The van der Waals surface area contributed by atoms with Crippen LogP contribution in [-0.4, -0.2) is 33.9 Å². The lowest BCUT2D eigenvalue weighted by molar-refractivity contribution is -0.116. The third kappa shape index (κ3) is 5.46. The molecule has 0 aliphatic rings. The molecule has 10 heteroatoms. The van der Waals surface area contributed by atoms with Gasteiger partial charge in [-0.15, -0.1) is 21.5 Å². The van der Waals surface area contributed by atoms with Crippen LogP contribution in [-0.2, 0) is 11.3 Å². The molecule has 0 aliphatic heterocycles. The second kappa shape index (κ2) is 9.99. The number of carbonyl (C=O) groups excluding carboxylic acids is 1. The molecule has 4 rings (SSSR count). The van der Waals surface area contributed by atoms with Crippen molar-refractivity contribution in [3.05, 3.63) is 71.4 Å². The Balaban J connectivity index is 1.55. The Kier molecular flexibility index (Phi) is 6.90. The number of nitrogens with zero attached hydrogens (tertiary/aromatic N) is 4. The average molecular weight is 472 g/mol. The standard InChI is InChI=1S/C21H18FN5OS3/c1-23-19-25-26-21(31-19)30-13-18(28)27(11-14-5-3-2-4-6-14)20-24-17(12-29-20)15-7-9-16(22)10-8-15/h2-10,12H,11,13H2,1H3,(H,23,25). The lowest BCUT2D eigenvalue weighted by Crippen LogP contribution is -2.31. The van der Waals surface area contributed by atoms with Crippen molar-refractivity contribution in [2.24, 2.45) is 0 Å². The smallest absolute Gasteiger partial charge is 0.239 e. The van der Waals surface area contributed by atoms with E-state index in [0.29, 0.717) is 22.5 Å². The summed E-state index contributed by atoms with van der Waals surface area (Å²) < 4.78 is 14.0. The van der Waals surface area contributed by atoms with E-state index in [4.69, 9.17) is 0 Å². The van der Waals surface area contributed by atoms with Crippen molar-refractivity contribution in [3.8, 4) is 11.3 Å². The number of hydrogen-bond donors (Lipinski definition) is 1. The Morgan fingerprint density at radius 2 is 1.90 bits per heavy atom. The van der Waals surface area contributed by atoms with Crippen LogP contribution < -0.4 is 10.2 Å². The van der Waals surface area contributed by atoms with Crippen LogP contribution >= 0.6 is 34.4 Å². The van der Waals surface area contributed by atoms with Crippen LogP contribution in [0.15, 0.2) is 64.3 Å². The minimum absolute atomic E-state index is 0.0740. The summed E-state index contributed by atoms with van der Waals surface area (Å²) in [5, 5.41) is 14.2. The van der Waals surface area contributed by atoms with E-state index in [-0.39, 0.29) is 17.5 Å². The summed E-state index contributed by atoms with van der Waals surface area (Å²) in [5.74, 6) is -0.151. The van der Waals surface area contributed by atoms with E-state index in [2.05, 4.69) is 20.5 Å². The minimum Gasteiger partial charge on any atom is -0.363 e. The van der Waals surface area contributed by atoms with Crippen LogP contribution in [0.1, 0.15) is 5.56 Å². The van der Waals surface area contributed by atoms with Crippen molar-refractivity contribution < 1.29 is 9.18 Å². The van der Waals surface area contributed by atoms with E-state index >= 15 is 0 Å². The molecule has 0 radical (unpaired) electrons. The third-order valence-corrected chi connectivity index (χ3v) is 7.21.